The Bertz CT molecular complexity index is 1670. The zero-order valence-corrected chi connectivity index (χ0v) is 21.7. The Morgan fingerprint density at radius 3 is 2.45 bits per heavy atom. The first-order valence-corrected chi connectivity index (χ1v) is 14.0. The van der Waals surface area contributed by atoms with Crippen molar-refractivity contribution in [1.82, 2.24) is 19.3 Å². The SMILES string of the molecule is O=C1CCCC2=C1C(c1cn(Cc3ccccc3)c3ccccc13)n1nc(SCc3ccccc3)nc1N2. The first kappa shape index (κ1) is 23.0. The van der Waals surface area contributed by atoms with Crippen LogP contribution in [-0.4, -0.2) is 25.1 Å². The van der Waals surface area contributed by atoms with Gasteiger partial charge in [-0.3, -0.25) is 4.79 Å². The van der Waals surface area contributed by atoms with Crippen molar-refractivity contribution in [2.24, 2.45) is 0 Å². The smallest absolute Gasteiger partial charge is 0.227 e. The summed E-state index contributed by atoms with van der Waals surface area (Å²) < 4.78 is 4.22. The Morgan fingerprint density at radius 1 is 0.895 bits per heavy atom. The topological polar surface area (TPSA) is 64.7 Å². The van der Waals surface area contributed by atoms with Crippen LogP contribution in [0, 0.1) is 0 Å². The fraction of sp³-hybridized carbons (Fsp3) is 0.194. The first-order chi connectivity index (χ1) is 18.7. The van der Waals surface area contributed by atoms with Gasteiger partial charge in [0.05, 0.1) is 0 Å². The van der Waals surface area contributed by atoms with Crippen LogP contribution in [0.4, 0.5) is 5.95 Å². The molecular formula is C31H27N5OS. The van der Waals surface area contributed by atoms with Crippen LogP contribution < -0.4 is 5.32 Å². The minimum absolute atomic E-state index is 0.197. The average Bonchev–Trinajstić information content (AvgIpc) is 3.53. The molecule has 1 aliphatic carbocycles. The molecule has 188 valence electrons. The third-order valence-corrected chi connectivity index (χ3v) is 8.28. The number of nitrogens with zero attached hydrogens (tertiary/aromatic N) is 4. The fourth-order valence-corrected chi connectivity index (χ4v) is 6.40. The van der Waals surface area contributed by atoms with E-state index in [0.717, 1.165) is 52.9 Å². The van der Waals surface area contributed by atoms with Gasteiger partial charge >= 0.3 is 0 Å². The second-order valence-electron chi connectivity index (χ2n) is 9.85. The summed E-state index contributed by atoms with van der Waals surface area (Å²) in [7, 11) is 0. The van der Waals surface area contributed by atoms with Crippen LogP contribution in [-0.2, 0) is 17.1 Å². The molecular weight excluding hydrogens is 490 g/mol. The highest BCUT2D eigenvalue weighted by molar-refractivity contribution is 7.98. The molecule has 0 bridgehead atoms. The molecule has 3 aromatic carbocycles. The lowest BCUT2D eigenvalue weighted by atomic mass is 9.85. The standard InChI is InChI=1S/C31H27N5OS/c37-27-17-9-15-25-28(27)29(36-30(32-25)33-31(34-36)38-20-22-12-5-2-6-13-22)24-19-35(18-21-10-3-1-4-11-21)26-16-8-7-14-23(24)26/h1-8,10-14,16,19,29H,9,15,17-18,20H2,(H,32,33,34). The van der Waals surface area contributed by atoms with Crippen LogP contribution in [0.5, 0.6) is 0 Å². The van der Waals surface area contributed by atoms with Crippen LogP contribution in [0.3, 0.4) is 0 Å². The monoisotopic (exact) mass is 517 g/mol. The number of rotatable bonds is 6. The Kier molecular flexibility index (Phi) is 5.85. The third kappa shape index (κ3) is 4.13. The molecule has 2 aliphatic rings. The number of thioether (sulfide) groups is 1. The Labute approximate surface area is 225 Å². The molecule has 1 unspecified atom stereocenters. The van der Waals surface area contributed by atoms with Gasteiger partial charge in [0, 0.05) is 52.7 Å². The van der Waals surface area contributed by atoms with E-state index in [2.05, 4.69) is 76.7 Å². The molecule has 0 spiro atoms. The summed E-state index contributed by atoms with van der Waals surface area (Å²) in [4.78, 5) is 18.3. The normalized spacial score (nSPS) is 16.8. The number of Topliss-reactive ketones (excluding diaryl/α,β-unsaturated/α-hetero) is 1. The molecule has 3 heterocycles. The number of nitrogens with one attached hydrogen (secondary N) is 1. The predicted molar refractivity (Wildman–Crippen MR) is 151 cm³/mol. The summed E-state index contributed by atoms with van der Waals surface area (Å²) in [5.74, 6) is 1.69. The van der Waals surface area contributed by atoms with Gasteiger partial charge in [-0.15, -0.1) is 5.10 Å². The number of anilines is 1. The number of carbonyl (C=O) groups is 1. The van der Waals surface area contributed by atoms with Crippen LogP contribution in [0.25, 0.3) is 10.9 Å². The lowest BCUT2D eigenvalue weighted by molar-refractivity contribution is -0.116. The second-order valence-corrected chi connectivity index (χ2v) is 10.8. The molecule has 0 saturated heterocycles. The largest absolute Gasteiger partial charge is 0.343 e. The van der Waals surface area contributed by atoms with Crippen LogP contribution in [0.1, 0.15) is 42.0 Å². The van der Waals surface area contributed by atoms with Gasteiger partial charge < -0.3 is 9.88 Å². The fourth-order valence-electron chi connectivity index (χ4n) is 5.61. The van der Waals surface area contributed by atoms with Gasteiger partial charge in [-0.25, -0.2) is 4.68 Å². The highest BCUT2D eigenvalue weighted by atomic mass is 32.2. The van der Waals surface area contributed by atoms with E-state index in [9.17, 15) is 4.79 Å². The summed E-state index contributed by atoms with van der Waals surface area (Å²) in [6, 6.07) is 29.0. The Morgan fingerprint density at radius 2 is 1.63 bits per heavy atom. The van der Waals surface area contributed by atoms with Crippen molar-refractivity contribution < 1.29 is 4.79 Å². The van der Waals surface area contributed by atoms with E-state index in [1.807, 2.05) is 28.9 Å². The highest BCUT2D eigenvalue weighted by Gasteiger charge is 2.38. The van der Waals surface area contributed by atoms with Gasteiger partial charge in [0.15, 0.2) is 5.78 Å². The number of hydrogen-bond acceptors (Lipinski definition) is 5. The van der Waals surface area contributed by atoms with E-state index in [1.165, 1.54) is 11.1 Å². The quantitative estimate of drug-likeness (QED) is 0.257. The van der Waals surface area contributed by atoms with Gasteiger partial charge in [-0.2, -0.15) is 4.98 Å². The molecule has 38 heavy (non-hydrogen) atoms. The number of carbonyl (C=O) groups excluding carboxylic acids is 1. The number of hydrogen-bond donors (Lipinski definition) is 1. The zero-order valence-electron chi connectivity index (χ0n) is 20.9. The van der Waals surface area contributed by atoms with E-state index in [-0.39, 0.29) is 11.8 Å². The summed E-state index contributed by atoms with van der Waals surface area (Å²) in [5, 5.41) is 10.3. The zero-order chi connectivity index (χ0) is 25.5. The van der Waals surface area contributed by atoms with E-state index >= 15 is 0 Å². The number of fused-ring (bicyclic) bond motifs is 2. The molecule has 0 radical (unpaired) electrons. The van der Waals surface area contributed by atoms with Crippen LogP contribution in [0.2, 0.25) is 0 Å². The number of aromatic nitrogens is 4. The minimum Gasteiger partial charge on any atom is -0.343 e. The van der Waals surface area contributed by atoms with E-state index in [0.29, 0.717) is 17.5 Å². The van der Waals surface area contributed by atoms with Gasteiger partial charge in [0.1, 0.15) is 6.04 Å². The molecule has 1 N–H and O–H groups in total. The first-order valence-electron chi connectivity index (χ1n) is 13.0. The molecule has 7 heteroatoms. The molecule has 1 atom stereocenters. The van der Waals surface area contributed by atoms with Crippen molar-refractivity contribution >= 4 is 34.4 Å². The van der Waals surface area contributed by atoms with Gasteiger partial charge in [-0.05, 0) is 30.0 Å². The predicted octanol–water partition coefficient (Wildman–Crippen LogP) is 6.60. The summed E-state index contributed by atoms with van der Waals surface area (Å²) in [6.07, 6.45) is 4.48. The van der Waals surface area contributed by atoms with Crippen molar-refractivity contribution in [3.63, 3.8) is 0 Å². The average molecular weight is 518 g/mol. The van der Waals surface area contributed by atoms with Gasteiger partial charge in [0.25, 0.3) is 0 Å². The third-order valence-electron chi connectivity index (χ3n) is 7.37. The molecule has 1 aliphatic heterocycles. The van der Waals surface area contributed by atoms with E-state index in [4.69, 9.17) is 10.1 Å². The summed E-state index contributed by atoms with van der Waals surface area (Å²) in [6.45, 7) is 0.758. The van der Waals surface area contributed by atoms with Crippen molar-refractivity contribution in [3.05, 3.63) is 119 Å². The molecule has 2 aromatic heterocycles. The van der Waals surface area contributed by atoms with E-state index < -0.39 is 0 Å². The van der Waals surface area contributed by atoms with Crippen LogP contribution >= 0.6 is 11.8 Å². The van der Waals surface area contributed by atoms with Crippen molar-refractivity contribution in [1.29, 1.82) is 0 Å². The minimum atomic E-state index is -0.311. The maximum absolute atomic E-state index is 13.4. The van der Waals surface area contributed by atoms with Crippen molar-refractivity contribution in [2.75, 3.05) is 5.32 Å². The molecule has 5 aromatic rings. The van der Waals surface area contributed by atoms with E-state index in [1.54, 1.807) is 11.8 Å². The lowest BCUT2D eigenvalue weighted by Gasteiger charge is -2.31. The summed E-state index contributed by atoms with van der Waals surface area (Å²) >= 11 is 1.62. The maximum Gasteiger partial charge on any atom is 0.227 e. The molecule has 0 fully saturated rings. The number of benzene rings is 3. The lowest BCUT2D eigenvalue weighted by Crippen LogP contribution is -2.31. The number of ketones is 1. The molecule has 7 rings (SSSR count). The summed E-state index contributed by atoms with van der Waals surface area (Å²) in [5.41, 5.74) is 6.52. The number of allylic oxidation sites excluding steroid dienone is 2. The van der Waals surface area contributed by atoms with Crippen molar-refractivity contribution in [2.45, 2.75) is 42.8 Å². The highest BCUT2D eigenvalue weighted by Crippen LogP contribution is 2.43. The van der Waals surface area contributed by atoms with Crippen LogP contribution in [0.15, 0.2) is 108 Å². The Balaban J connectivity index is 1.33. The molecule has 0 amide bonds. The van der Waals surface area contributed by atoms with Gasteiger partial charge in [-0.1, -0.05) is 90.6 Å². The van der Waals surface area contributed by atoms with Crippen molar-refractivity contribution in [3.8, 4) is 0 Å². The van der Waals surface area contributed by atoms with Gasteiger partial charge in [0.2, 0.25) is 11.1 Å². The maximum atomic E-state index is 13.4. The second kappa shape index (κ2) is 9.65. The number of para-hydroxylation sites is 1. The molecule has 6 nitrogen and oxygen atoms in total. The Hall–Kier alpha value is -4.10. The molecule has 0 saturated carbocycles.